The molecule has 0 bridgehead atoms. The fraction of sp³-hybridized carbons (Fsp3) is 0.500. The van der Waals surface area contributed by atoms with Crippen LogP contribution in [0.25, 0.3) is 10.6 Å². The molecule has 1 atom stereocenters. The summed E-state index contributed by atoms with van der Waals surface area (Å²) in [4.78, 5) is 13.3. The van der Waals surface area contributed by atoms with E-state index in [-0.39, 0.29) is 35.7 Å². The number of nitrogens with zero attached hydrogens (tertiary/aromatic N) is 2. The van der Waals surface area contributed by atoms with Gasteiger partial charge in [-0.25, -0.2) is 8.42 Å². The second kappa shape index (κ2) is 6.54. The largest absolute Gasteiger partial charge is 0.389 e. The maximum atomic E-state index is 12.4. The van der Waals surface area contributed by atoms with Crippen molar-refractivity contribution < 1.29 is 18.3 Å². The first kappa shape index (κ1) is 18.1. The maximum Gasteiger partial charge on any atom is 0.271 e. The highest BCUT2D eigenvalue weighted by Gasteiger charge is 2.32. The van der Waals surface area contributed by atoms with Crippen LogP contribution in [-0.2, 0) is 9.84 Å². The zero-order valence-corrected chi connectivity index (χ0v) is 15.7. The molecule has 2 aromatic heterocycles. The van der Waals surface area contributed by atoms with Crippen LogP contribution in [0.4, 0.5) is 0 Å². The number of sulfone groups is 1. The molecular formula is C16H21N3O4S2. The molecule has 1 aliphatic heterocycles. The molecule has 1 unspecified atom stereocenters. The lowest BCUT2D eigenvalue weighted by atomic mass is 10.1. The van der Waals surface area contributed by atoms with Gasteiger partial charge in [0, 0.05) is 6.54 Å². The third kappa shape index (κ3) is 4.28. The Morgan fingerprint density at radius 1 is 1.52 bits per heavy atom. The van der Waals surface area contributed by atoms with Crippen LogP contribution < -0.4 is 5.32 Å². The first-order chi connectivity index (χ1) is 11.6. The Balaban J connectivity index is 1.91. The molecule has 7 nitrogen and oxygen atoms in total. The first-order valence-electron chi connectivity index (χ1n) is 7.99. The van der Waals surface area contributed by atoms with Crippen LogP contribution in [0.5, 0.6) is 0 Å². The number of carbonyl (C=O) groups is 1. The molecule has 2 aromatic rings. The van der Waals surface area contributed by atoms with Gasteiger partial charge in [0.15, 0.2) is 15.5 Å². The smallest absolute Gasteiger partial charge is 0.271 e. The Kier molecular flexibility index (Phi) is 4.74. The highest BCUT2D eigenvalue weighted by molar-refractivity contribution is 7.91. The molecule has 3 rings (SSSR count). The molecule has 0 aromatic carbocycles. The van der Waals surface area contributed by atoms with E-state index in [1.165, 1.54) is 11.3 Å². The molecular weight excluding hydrogens is 362 g/mol. The number of aliphatic hydroxyl groups is 1. The number of hydrogen-bond acceptors (Lipinski definition) is 6. The summed E-state index contributed by atoms with van der Waals surface area (Å²) in [6.45, 7) is 3.31. The van der Waals surface area contributed by atoms with Gasteiger partial charge >= 0.3 is 0 Å². The van der Waals surface area contributed by atoms with E-state index in [1.807, 2.05) is 17.5 Å². The topological polar surface area (TPSA) is 101 Å². The lowest BCUT2D eigenvalue weighted by Crippen LogP contribution is -2.38. The molecule has 3 heterocycles. The SMILES string of the molecule is CC(C)(O)CNC(=O)c1cc(-c2cccs2)n(C2CCS(=O)(=O)C2)n1. The fourth-order valence-electron chi connectivity index (χ4n) is 2.75. The van der Waals surface area contributed by atoms with Gasteiger partial charge in [0.1, 0.15) is 0 Å². The monoisotopic (exact) mass is 383 g/mol. The van der Waals surface area contributed by atoms with Crippen molar-refractivity contribution in [3.05, 3.63) is 29.3 Å². The zero-order chi connectivity index (χ0) is 18.2. The molecule has 9 heteroatoms. The van der Waals surface area contributed by atoms with Gasteiger partial charge in [0.25, 0.3) is 5.91 Å². The van der Waals surface area contributed by atoms with Gasteiger partial charge in [-0.05, 0) is 37.8 Å². The van der Waals surface area contributed by atoms with Crippen molar-refractivity contribution in [2.24, 2.45) is 0 Å². The molecule has 0 radical (unpaired) electrons. The average molecular weight is 383 g/mol. The zero-order valence-electron chi connectivity index (χ0n) is 14.1. The molecule has 1 amide bonds. The van der Waals surface area contributed by atoms with Crippen LogP contribution in [0.1, 0.15) is 36.8 Å². The van der Waals surface area contributed by atoms with E-state index >= 15 is 0 Å². The minimum atomic E-state index is -3.06. The predicted molar refractivity (Wildman–Crippen MR) is 96.5 cm³/mol. The number of amides is 1. The summed E-state index contributed by atoms with van der Waals surface area (Å²) in [6.07, 6.45) is 0.493. The number of thiophene rings is 1. The average Bonchev–Trinajstić information content (AvgIpc) is 3.21. The molecule has 136 valence electrons. The lowest BCUT2D eigenvalue weighted by molar-refractivity contribution is 0.0691. The number of carbonyl (C=O) groups excluding carboxylic acids is 1. The summed E-state index contributed by atoms with van der Waals surface area (Å²) in [5.41, 5.74) is -0.0589. The van der Waals surface area contributed by atoms with Crippen molar-refractivity contribution in [2.45, 2.75) is 31.9 Å². The number of nitrogens with one attached hydrogen (secondary N) is 1. The second-order valence-corrected chi connectivity index (χ2v) is 10.1. The molecule has 25 heavy (non-hydrogen) atoms. The molecule has 0 spiro atoms. The number of hydrogen-bond donors (Lipinski definition) is 2. The maximum absolute atomic E-state index is 12.4. The third-order valence-electron chi connectivity index (χ3n) is 3.98. The van der Waals surface area contributed by atoms with Gasteiger partial charge in [-0.15, -0.1) is 11.3 Å². The standard InChI is InChI=1S/C16H21N3O4S2/c1-16(2,21)10-17-15(20)12-8-13(14-4-3-6-24-14)19(18-12)11-5-7-25(22,23)9-11/h3-4,6,8,11,21H,5,7,9-10H2,1-2H3,(H,17,20). The van der Waals surface area contributed by atoms with Gasteiger partial charge in [0.05, 0.1) is 33.7 Å². The number of aromatic nitrogens is 2. The summed E-state index contributed by atoms with van der Waals surface area (Å²) < 4.78 is 25.3. The van der Waals surface area contributed by atoms with Crippen molar-refractivity contribution in [3.63, 3.8) is 0 Å². The van der Waals surface area contributed by atoms with Gasteiger partial charge in [0.2, 0.25) is 0 Å². The van der Waals surface area contributed by atoms with E-state index in [4.69, 9.17) is 0 Å². The molecule has 2 N–H and O–H groups in total. The normalized spacial score (nSPS) is 19.9. The van der Waals surface area contributed by atoms with Crippen LogP contribution in [0, 0.1) is 0 Å². The van der Waals surface area contributed by atoms with Crippen LogP contribution in [-0.4, -0.2) is 52.9 Å². The van der Waals surface area contributed by atoms with E-state index in [2.05, 4.69) is 10.4 Å². The Labute approximate surface area is 150 Å². The van der Waals surface area contributed by atoms with Crippen LogP contribution >= 0.6 is 11.3 Å². The van der Waals surface area contributed by atoms with E-state index in [0.29, 0.717) is 6.42 Å². The molecule has 0 aliphatic carbocycles. The molecule has 1 aliphatic rings. The number of rotatable bonds is 5. The van der Waals surface area contributed by atoms with Crippen LogP contribution in [0.3, 0.4) is 0 Å². The highest BCUT2D eigenvalue weighted by atomic mass is 32.2. The van der Waals surface area contributed by atoms with E-state index in [9.17, 15) is 18.3 Å². The van der Waals surface area contributed by atoms with Crippen molar-refractivity contribution >= 4 is 27.1 Å². The summed E-state index contributed by atoms with van der Waals surface area (Å²) in [5.74, 6) is -0.209. The minimum absolute atomic E-state index is 0.0395. The van der Waals surface area contributed by atoms with Crippen molar-refractivity contribution in [1.29, 1.82) is 0 Å². The summed E-state index contributed by atoms with van der Waals surface area (Å²) >= 11 is 1.51. The Morgan fingerprint density at radius 2 is 2.28 bits per heavy atom. The van der Waals surface area contributed by atoms with E-state index in [1.54, 1.807) is 24.6 Å². The predicted octanol–water partition coefficient (Wildman–Crippen LogP) is 1.47. The van der Waals surface area contributed by atoms with Crippen LogP contribution in [0.2, 0.25) is 0 Å². The Morgan fingerprint density at radius 3 is 2.84 bits per heavy atom. The van der Waals surface area contributed by atoms with Gasteiger partial charge in [-0.2, -0.15) is 5.10 Å². The van der Waals surface area contributed by atoms with Crippen molar-refractivity contribution in [3.8, 4) is 10.6 Å². The minimum Gasteiger partial charge on any atom is -0.389 e. The highest BCUT2D eigenvalue weighted by Crippen LogP contribution is 2.32. The van der Waals surface area contributed by atoms with Crippen molar-refractivity contribution in [1.82, 2.24) is 15.1 Å². The molecule has 0 saturated carbocycles. The van der Waals surface area contributed by atoms with E-state index < -0.39 is 15.4 Å². The molecule has 1 fully saturated rings. The summed E-state index contributed by atoms with van der Waals surface area (Å²) in [5, 5.41) is 18.7. The Hall–Kier alpha value is -1.71. The van der Waals surface area contributed by atoms with E-state index in [0.717, 1.165) is 10.6 Å². The summed E-state index contributed by atoms with van der Waals surface area (Å²) in [6, 6.07) is 5.23. The molecule has 1 saturated heterocycles. The van der Waals surface area contributed by atoms with Crippen molar-refractivity contribution in [2.75, 3.05) is 18.1 Å². The van der Waals surface area contributed by atoms with Gasteiger partial charge in [-0.3, -0.25) is 9.48 Å². The first-order valence-corrected chi connectivity index (χ1v) is 10.7. The van der Waals surface area contributed by atoms with Gasteiger partial charge in [-0.1, -0.05) is 6.07 Å². The fourth-order valence-corrected chi connectivity index (χ4v) is 5.17. The second-order valence-electron chi connectivity index (χ2n) is 6.89. The van der Waals surface area contributed by atoms with Gasteiger partial charge < -0.3 is 10.4 Å². The van der Waals surface area contributed by atoms with Crippen LogP contribution in [0.15, 0.2) is 23.6 Å². The Bertz CT molecular complexity index is 864. The third-order valence-corrected chi connectivity index (χ3v) is 6.62. The summed E-state index contributed by atoms with van der Waals surface area (Å²) in [7, 11) is -3.06. The quantitative estimate of drug-likeness (QED) is 0.814. The lowest BCUT2D eigenvalue weighted by Gasteiger charge is -2.17.